The van der Waals surface area contributed by atoms with Crippen LogP contribution in [0, 0.1) is 0 Å². The average molecular weight is 195 g/mol. The van der Waals surface area contributed by atoms with Crippen LogP contribution in [0.4, 0.5) is 0 Å². The van der Waals surface area contributed by atoms with Crippen LogP contribution in [0.1, 0.15) is 32.1 Å². The number of nitrogens with two attached hydrogens (primary N) is 1. The van der Waals surface area contributed by atoms with Crippen LogP contribution in [0.25, 0.3) is 0 Å². The molecule has 2 N–H and O–H groups in total. The van der Waals surface area contributed by atoms with Crippen molar-refractivity contribution in [2.24, 2.45) is 10.7 Å². The lowest BCUT2D eigenvalue weighted by Gasteiger charge is -2.33. The van der Waals surface area contributed by atoms with E-state index in [0.717, 1.165) is 5.70 Å². The zero-order chi connectivity index (χ0) is 10.4. The van der Waals surface area contributed by atoms with Gasteiger partial charge >= 0.3 is 0 Å². The minimum Gasteiger partial charge on any atom is -0.403 e. The molecule has 0 saturated heterocycles. The Hall–Kier alpha value is -0.990. The summed E-state index contributed by atoms with van der Waals surface area (Å²) in [5, 5.41) is 0. The zero-order valence-corrected chi connectivity index (χ0v) is 9.24. The van der Waals surface area contributed by atoms with Crippen LogP contribution < -0.4 is 5.73 Å². The molecule has 0 radical (unpaired) electrons. The Morgan fingerprint density at radius 1 is 1.36 bits per heavy atom. The molecule has 0 amide bonds. The van der Waals surface area contributed by atoms with Gasteiger partial charge in [-0.05, 0) is 12.8 Å². The molecule has 1 aliphatic rings. The summed E-state index contributed by atoms with van der Waals surface area (Å²) in [6.07, 6.45) is 10.1. The van der Waals surface area contributed by atoms with Crippen molar-refractivity contribution in [1.29, 1.82) is 0 Å². The van der Waals surface area contributed by atoms with Crippen molar-refractivity contribution in [3.05, 3.63) is 11.9 Å². The van der Waals surface area contributed by atoms with Crippen LogP contribution >= 0.6 is 0 Å². The van der Waals surface area contributed by atoms with Crippen molar-refractivity contribution in [2.45, 2.75) is 38.1 Å². The highest BCUT2D eigenvalue weighted by Gasteiger charge is 2.18. The molecule has 0 aromatic rings. The predicted molar refractivity (Wildman–Crippen MR) is 61.3 cm³/mol. The largest absolute Gasteiger partial charge is 0.403 e. The topological polar surface area (TPSA) is 41.6 Å². The van der Waals surface area contributed by atoms with Gasteiger partial charge in [0.2, 0.25) is 0 Å². The molecule has 3 heteroatoms. The van der Waals surface area contributed by atoms with Crippen LogP contribution in [0.3, 0.4) is 0 Å². The van der Waals surface area contributed by atoms with Crippen LogP contribution in [0.15, 0.2) is 16.9 Å². The molecule has 0 spiro atoms. The maximum absolute atomic E-state index is 5.57. The fraction of sp³-hybridized carbons (Fsp3) is 0.727. The van der Waals surface area contributed by atoms with Crippen LogP contribution in [-0.2, 0) is 0 Å². The van der Waals surface area contributed by atoms with E-state index in [1.54, 1.807) is 13.2 Å². The van der Waals surface area contributed by atoms with E-state index >= 15 is 0 Å². The standard InChI is InChI=1S/C11H21N3/c1-13-9-11(8-12)14(2)10-6-4-3-5-7-10/h8-10H,3-7,12H2,1-2H3. The van der Waals surface area contributed by atoms with E-state index in [1.807, 2.05) is 6.21 Å². The summed E-state index contributed by atoms with van der Waals surface area (Å²) < 4.78 is 0. The van der Waals surface area contributed by atoms with Gasteiger partial charge in [0.25, 0.3) is 0 Å². The van der Waals surface area contributed by atoms with E-state index in [2.05, 4.69) is 16.9 Å². The summed E-state index contributed by atoms with van der Waals surface area (Å²) in [6.45, 7) is 0. The predicted octanol–water partition coefficient (Wildman–Crippen LogP) is 1.75. The highest BCUT2D eigenvalue weighted by Crippen LogP contribution is 2.23. The molecule has 14 heavy (non-hydrogen) atoms. The van der Waals surface area contributed by atoms with Gasteiger partial charge in [-0.25, -0.2) is 0 Å². The number of rotatable bonds is 3. The Kier molecular flexibility index (Phi) is 4.50. The smallest absolute Gasteiger partial charge is 0.0704 e. The van der Waals surface area contributed by atoms with E-state index in [0.29, 0.717) is 6.04 Å². The third-order valence-corrected chi connectivity index (χ3v) is 2.96. The summed E-state index contributed by atoms with van der Waals surface area (Å²) in [5.41, 5.74) is 6.60. The molecule has 1 saturated carbocycles. The first-order chi connectivity index (χ1) is 6.79. The second kappa shape index (κ2) is 5.68. The van der Waals surface area contributed by atoms with Gasteiger partial charge in [0.05, 0.1) is 5.70 Å². The lowest BCUT2D eigenvalue weighted by Crippen LogP contribution is -2.33. The minimum absolute atomic E-state index is 0.650. The second-order valence-electron chi connectivity index (χ2n) is 3.88. The van der Waals surface area contributed by atoms with Crippen LogP contribution in [-0.4, -0.2) is 31.3 Å². The Bertz CT molecular complexity index is 215. The van der Waals surface area contributed by atoms with Gasteiger partial charge in [-0.2, -0.15) is 0 Å². The first kappa shape index (κ1) is 11.1. The zero-order valence-electron chi connectivity index (χ0n) is 9.24. The van der Waals surface area contributed by atoms with Crippen molar-refractivity contribution >= 4 is 6.21 Å². The summed E-state index contributed by atoms with van der Waals surface area (Å²) in [4.78, 5) is 6.26. The lowest BCUT2D eigenvalue weighted by atomic mass is 9.94. The highest BCUT2D eigenvalue weighted by atomic mass is 15.1. The van der Waals surface area contributed by atoms with Gasteiger partial charge in [0.15, 0.2) is 0 Å². The third kappa shape index (κ3) is 2.76. The first-order valence-corrected chi connectivity index (χ1v) is 5.36. The molecule has 3 nitrogen and oxygen atoms in total. The highest BCUT2D eigenvalue weighted by molar-refractivity contribution is 5.77. The molecule has 0 heterocycles. The van der Waals surface area contributed by atoms with Crippen LogP contribution in [0.5, 0.6) is 0 Å². The normalized spacial score (nSPS) is 20.3. The number of hydrogen-bond acceptors (Lipinski definition) is 3. The van der Waals surface area contributed by atoms with E-state index < -0.39 is 0 Å². The second-order valence-corrected chi connectivity index (χ2v) is 3.88. The minimum atomic E-state index is 0.650. The first-order valence-electron chi connectivity index (χ1n) is 5.36. The monoisotopic (exact) mass is 195 g/mol. The fourth-order valence-corrected chi connectivity index (χ4v) is 2.06. The Morgan fingerprint density at radius 3 is 2.50 bits per heavy atom. The summed E-state index contributed by atoms with van der Waals surface area (Å²) in [6, 6.07) is 0.650. The number of aliphatic imine (C=N–C) groups is 1. The van der Waals surface area contributed by atoms with Crippen molar-refractivity contribution in [3.63, 3.8) is 0 Å². The number of allylic oxidation sites excluding steroid dienone is 1. The van der Waals surface area contributed by atoms with Crippen molar-refractivity contribution in [2.75, 3.05) is 14.1 Å². The molecule has 80 valence electrons. The van der Waals surface area contributed by atoms with E-state index in [-0.39, 0.29) is 0 Å². The van der Waals surface area contributed by atoms with Crippen molar-refractivity contribution < 1.29 is 0 Å². The number of hydrogen-bond donors (Lipinski definition) is 1. The molecule has 0 bridgehead atoms. The summed E-state index contributed by atoms with van der Waals surface area (Å²) >= 11 is 0. The maximum atomic E-state index is 5.57. The van der Waals surface area contributed by atoms with Gasteiger partial charge in [0, 0.05) is 32.6 Å². The summed E-state index contributed by atoms with van der Waals surface area (Å²) in [5.74, 6) is 0. The molecule has 1 aliphatic carbocycles. The lowest BCUT2D eigenvalue weighted by molar-refractivity contribution is 0.245. The molecule has 1 fully saturated rings. The molecule has 0 aromatic heterocycles. The molecule has 0 unspecified atom stereocenters. The Balaban J connectivity index is 2.56. The average Bonchev–Trinajstić information content (AvgIpc) is 2.26. The van der Waals surface area contributed by atoms with Gasteiger partial charge in [-0.3, -0.25) is 4.99 Å². The third-order valence-electron chi connectivity index (χ3n) is 2.96. The van der Waals surface area contributed by atoms with E-state index in [4.69, 9.17) is 5.73 Å². The van der Waals surface area contributed by atoms with Gasteiger partial charge in [-0.1, -0.05) is 19.3 Å². The molecule has 0 aromatic carbocycles. The fourth-order valence-electron chi connectivity index (χ4n) is 2.06. The SMILES string of the molecule is CN=CC(=CN)N(C)C1CCCCC1. The Morgan fingerprint density at radius 2 is 2.00 bits per heavy atom. The molecule has 0 aliphatic heterocycles. The molecular weight excluding hydrogens is 174 g/mol. The van der Waals surface area contributed by atoms with Crippen molar-refractivity contribution in [1.82, 2.24) is 4.90 Å². The van der Waals surface area contributed by atoms with Gasteiger partial charge < -0.3 is 10.6 Å². The van der Waals surface area contributed by atoms with E-state index in [1.165, 1.54) is 32.1 Å². The number of nitrogens with zero attached hydrogens (tertiary/aromatic N) is 2. The molecule has 0 atom stereocenters. The maximum Gasteiger partial charge on any atom is 0.0704 e. The van der Waals surface area contributed by atoms with Crippen molar-refractivity contribution in [3.8, 4) is 0 Å². The van der Waals surface area contributed by atoms with Gasteiger partial charge in [0.1, 0.15) is 0 Å². The Labute approximate surface area is 86.7 Å². The molecular formula is C11H21N3. The summed E-state index contributed by atoms with van der Waals surface area (Å²) in [7, 11) is 3.88. The molecule has 1 rings (SSSR count). The van der Waals surface area contributed by atoms with E-state index in [9.17, 15) is 0 Å². The quantitative estimate of drug-likeness (QED) is 0.697. The van der Waals surface area contributed by atoms with Gasteiger partial charge in [-0.15, -0.1) is 0 Å². The van der Waals surface area contributed by atoms with Crippen LogP contribution in [0.2, 0.25) is 0 Å².